The van der Waals surface area contributed by atoms with Crippen LogP contribution in [0, 0.1) is 0 Å². The number of nitrogens with zero attached hydrogens (tertiary/aromatic N) is 1. The van der Waals surface area contributed by atoms with Gasteiger partial charge < -0.3 is 14.7 Å². The predicted molar refractivity (Wildman–Crippen MR) is 52.4 cm³/mol. The van der Waals surface area contributed by atoms with E-state index in [1.165, 1.54) is 19.6 Å². The van der Waals surface area contributed by atoms with Gasteiger partial charge in [-0.2, -0.15) is 0 Å². The summed E-state index contributed by atoms with van der Waals surface area (Å²) in [5, 5.41) is 7.94. The fourth-order valence-corrected chi connectivity index (χ4v) is 0.762. The lowest BCUT2D eigenvalue weighted by atomic mass is 10.5. The highest BCUT2D eigenvalue weighted by molar-refractivity contribution is 4.43. The van der Waals surface area contributed by atoms with Gasteiger partial charge in [0, 0.05) is 7.11 Å². The lowest BCUT2D eigenvalue weighted by Gasteiger charge is -2.13. The molecule has 0 aromatic heterocycles. The molecule has 0 saturated heterocycles. The van der Waals surface area contributed by atoms with Gasteiger partial charge in [0.15, 0.2) is 0 Å². The van der Waals surface area contributed by atoms with E-state index in [1.54, 1.807) is 7.11 Å². The number of hydrogen-bond donors (Lipinski definition) is 1. The Morgan fingerprint density at radius 3 is 1.50 bits per heavy atom. The van der Waals surface area contributed by atoms with Crippen LogP contribution in [-0.2, 0) is 4.74 Å². The maximum Gasteiger partial charge on any atom is 0.0693 e. The van der Waals surface area contributed by atoms with E-state index in [-0.39, 0.29) is 6.61 Å². The molecule has 12 heavy (non-hydrogen) atoms. The average molecular weight is 177 g/mol. The van der Waals surface area contributed by atoms with Gasteiger partial charge in [-0.15, -0.1) is 0 Å². The maximum absolute atomic E-state index is 7.94. The van der Waals surface area contributed by atoms with E-state index in [2.05, 4.69) is 30.4 Å². The average Bonchev–Trinajstić information content (AvgIpc) is 2.10. The molecule has 0 aliphatic rings. The smallest absolute Gasteiger partial charge is 0.0693 e. The first kappa shape index (κ1) is 14.4. The van der Waals surface area contributed by atoms with Crippen molar-refractivity contribution in [1.82, 2.24) is 4.90 Å². The zero-order valence-corrected chi connectivity index (χ0v) is 8.84. The minimum atomic E-state index is 0.122. The molecule has 0 radical (unpaired) electrons. The predicted octanol–water partition coefficient (Wildman–Crippen LogP) is 0.973. The minimum Gasteiger partial charge on any atom is -0.394 e. The van der Waals surface area contributed by atoms with Crippen molar-refractivity contribution in [3.05, 3.63) is 0 Å². The number of methoxy groups -OCH3 is 1. The van der Waals surface area contributed by atoms with Crippen LogP contribution in [0.3, 0.4) is 0 Å². The van der Waals surface area contributed by atoms with Crippen molar-refractivity contribution in [2.24, 2.45) is 0 Å². The van der Waals surface area contributed by atoms with Crippen molar-refractivity contribution in [3.8, 4) is 0 Å². The van der Waals surface area contributed by atoms with Gasteiger partial charge in [0.25, 0.3) is 0 Å². The van der Waals surface area contributed by atoms with Gasteiger partial charge in [-0.05, 0) is 19.6 Å². The summed E-state index contributed by atoms with van der Waals surface area (Å²) in [6.45, 7) is 10.7. The molecule has 0 aromatic carbocycles. The topological polar surface area (TPSA) is 32.7 Å². The summed E-state index contributed by atoms with van der Waals surface area (Å²) in [4.78, 5) is 2.38. The van der Waals surface area contributed by atoms with Crippen LogP contribution in [0.2, 0.25) is 0 Å². The molecule has 0 spiro atoms. The Kier molecular flexibility index (Phi) is 16.2. The van der Waals surface area contributed by atoms with Crippen molar-refractivity contribution < 1.29 is 9.84 Å². The zero-order valence-electron chi connectivity index (χ0n) is 8.84. The molecule has 0 rings (SSSR count). The van der Waals surface area contributed by atoms with Gasteiger partial charge >= 0.3 is 0 Å². The van der Waals surface area contributed by atoms with Crippen LogP contribution in [-0.4, -0.2) is 50.0 Å². The van der Waals surface area contributed by atoms with Crippen LogP contribution in [0.25, 0.3) is 0 Å². The zero-order chi connectivity index (χ0) is 9.82. The van der Waals surface area contributed by atoms with Crippen molar-refractivity contribution in [1.29, 1.82) is 0 Å². The van der Waals surface area contributed by atoms with E-state index >= 15 is 0 Å². The molecule has 0 aliphatic carbocycles. The van der Waals surface area contributed by atoms with Crippen LogP contribution in [0.5, 0.6) is 0 Å². The number of aliphatic hydroxyl groups is 1. The Morgan fingerprint density at radius 1 is 1.08 bits per heavy atom. The van der Waals surface area contributed by atoms with E-state index < -0.39 is 0 Å². The van der Waals surface area contributed by atoms with E-state index in [0.717, 1.165) is 0 Å². The lowest BCUT2D eigenvalue weighted by molar-refractivity contribution is 0.135. The fraction of sp³-hybridized carbons (Fsp3) is 1.00. The van der Waals surface area contributed by atoms with Gasteiger partial charge in [0.2, 0.25) is 0 Å². The normalized spacial score (nSPS) is 9.50. The van der Waals surface area contributed by atoms with E-state index in [1.807, 2.05) is 0 Å². The first-order chi connectivity index (χ1) is 5.76. The number of ether oxygens (including phenoxy) is 1. The molecule has 1 N–H and O–H groups in total. The lowest BCUT2D eigenvalue weighted by Crippen LogP contribution is -2.21. The van der Waals surface area contributed by atoms with Crippen molar-refractivity contribution in [3.63, 3.8) is 0 Å². The van der Waals surface area contributed by atoms with Crippen molar-refractivity contribution in [2.45, 2.75) is 20.8 Å². The molecule has 0 aliphatic heterocycles. The monoisotopic (exact) mass is 177 g/mol. The van der Waals surface area contributed by atoms with Gasteiger partial charge in [0.1, 0.15) is 0 Å². The SMILES string of the molecule is CCN(CC)CC.COCCO. The van der Waals surface area contributed by atoms with Gasteiger partial charge in [-0.25, -0.2) is 0 Å². The Morgan fingerprint density at radius 2 is 1.50 bits per heavy atom. The van der Waals surface area contributed by atoms with Crippen molar-refractivity contribution in [2.75, 3.05) is 40.0 Å². The van der Waals surface area contributed by atoms with Crippen LogP contribution < -0.4 is 0 Å². The summed E-state index contributed by atoms with van der Waals surface area (Å²) in [5.74, 6) is 0. The molecule has 0 heterocycles. The van der Waals surface area contributed by atoms with E-state index in [0.29, 0.717) is 6.61 Å². The van der Waals surface area contributed by atoms with Crippen LogP contribution in [0.1, 0.15) is 20.8 Å². The van der Waals surface area contributed by atoms with Gasteiger partial charge in [0.05, 0.1) is 13.2 Å². The first-order valence-corrected chi connectivity index (χ1v) is 4.58. The first-order valence-electron chi connectivity index (χ1n) is 4.58. The van der Waals surface area contributed by atoms with Crippen LogP contribution in [0.15, 0.2) is 0 Å². The molecule has 0 bridgehead atoms. The molecule has 0 amide bonds. The molecule has 3 nitrogen and oxygen atoms in total. The highest BCUT2D eigenvalue weighted by Gasteiger charge is 1.89. The number of aliphatic hydroxyl groups excluding tert-OH is 1. The molecule has 0 aromatic rings. The molecular weight excluding hydrogens is 154 g/mol. The second kappa shape index (κ2) is 13.5. The summed E-state index contributed by atoms with van der Waals surface area (Å²) in [6, 6.07) is 0. The second-order valence-corrected chi connectivity index (χ2v) is 2.34. The molecule has 3 heteroatoms. The summed E-state index contributed by atoms with van der Waals surface area (Å²) < 4.78 is 4.44. The number of hydrogen-bond acceptors (Lipinski definition) is 3. The Balaban J connectivity index is 0. The molecular formula is C9H23NO2. The highest BCUT2D eigenvalue weighted by Crippen LogP contribution is 1.81. The standard InChI is InChI=1S/C6H15N.C3H8O2/c1-4-7(5-2)6-3;1-5-3-2-4/h4-6H2,1-3H3;4H,2-3H2,1H3. The maximum atomic E-state index is 7.94. The molecule has 0 saturated carbocycles. The van der Waals surface area contributed by atoms with E-state index in [9.17, 15) is 0 Å². The highest BCUT2D eigenvalue weighted by atomic mass is 16.5. The Labute approximate surface area is 76.3 Å². The quantitative estimate of drug-likeness (QED) is 0.679. The third-order valence-corrected chi connectivity index (χ3v) is 1.64. The summed E-state index contributed by atoms with van der Waals surface area (Å²) in [7, 11) is 1.55. The third-order valence-electron chi connectivity index (χ3n) is 1.64. The van der Waals surface area contributed by atoms with Gasteiger partial charge in [-0.1, -0.05) is 20.8 Å². The Bertz CT molecular complexity index is 58.0. The minimum absolute atomic E-state index is 0.122. The summed E-state index contributed by atoms with van der Waals surface area (Å²) in [5.41, 5.74) is 0. The van der Waals surface area contributed by atoms with Crippen LogP contribution in [0.4, 0.5) is 0 Å². The van der Waals surface area contributed by atoms with Crippen LogP contribution >= 0.6 is 0 Å². The van der Waals surface area contributed by atoms with Gasteiger partial charge in [-0.3, -0.25) is 0 Å². The summed E-state index contributed by atoms with van der Waals surface area (Å²) >= 11 is 0. The molecule has 76 valence electrons. The second-order valence-electron chi connectivity index (χ2n) is 2.34. The van der Waals surface area contributed by atoms with E-state index in [4.69, 9.17) is 5.11 Å². The molecule has 0 unspecified atom stereocenters. The van der Waals surface area contributed by atoms with Crippen molar-refractivity contribution >= 4 is 0 Å². The number of rotatable bonds is 5. The Hall–Kier alpha value is -0.120. The molecule has 0 atom stereocenters. The fourth-order valence-electron chi connectivity index (χ4n) is 0.762. The third kappa shape index (κ3) is 12.5. The largest absolute Gasteiger partial charge is 0.394 e. The molecule has 0 fully saturated rings. The summed E-state index contributed by atoms with van der Waals surface area (Å²) in [6.07, 6.45) is 0.